The maximum Gasteiger partial charge on any atom is 0.240 e. The number of sulfonamides is 1. The molecular formula is C20H24N2O4S. The lowest BCUT2D eigenvalue weighted by Crippen LogP contribution is -2.39. The SMILES string of the molecule is Cc1ccccc1CC(CO)NS(=O)(=O)c1ccc2c(c1)CCCC(=O)N2. The number of carbonyl (C=O) groups is 1. The average molecular weight is 388 g/mol. The van der Waals surface area contributed by atoms with Gasteiger partial charge in [-0.1, -0.05) is 24.3 Å². The highest BCUT2D eigenvalue weighted by Gasteiger charge is 2.22. The van der Waals surface area contributed by atoms with Crippen LogP contribution < -0.4 is 10.0 Å². The zero-order valence-corrected chi connectivity index (χ0v) is 16.1. The van der Waals surface area contributed by atoms with E-state index < -0.39 is 16.1 Å². The molecule has 0 fully saturated rings. The summed E-state index contributed by atoms with van der Waals surface area (Å²) in [5.41, 5.74) is 3.51. The zero-order valence-electron chi connectivity index (χ0n) is 15.2. The maximum atomic E-state index is 12.8. The molecule has 1 atom stereocenters. The summed E-state index contributed by atoms with van der Waals surface area (Å²) >= 11 is 0. The van der Waals surface area contributed by atoms with Crippen molar-refractivity contribution in [2.24, 2.45) is 0 Å². The molecule has 0 aliphatic carbocycles. The molecule has 0 radical (unpaired) electrons. The number of hydrogen-bond acceptors (Lipinski definition) is 4. The van der Waals surface area contributed by atoms with Gasteiger partial charge in [-0.25, -0.2) is 13.1 Å². The van der Waals surface area contributed by atoms with E-state index in [0.29, 0.717) is 31.4 Å². The van der Waals surface area contributed by atoms with Crippen molar-refractivity contribution in [2.45, 2.75) is 43.5 Å². The summed E-state index contributed by atoms with van der Waals surface area (Å²) in [5.74, 6) is -0.0546. The Morgan fingerprint density at radius 3 is 2.70 bits per heavy atom. The van der Waals surface area contributed by atoms with Crippen molar-refractivity contribution < 1.29 is 18.3 Å². The summed E-state index contributed by atoms with van der Waals surface area (Å²) in [5, 5.41) is 12.5. The van der Waals surface area contributed by atoms with Gasteiger partial charge in [0.25, 0.3) is 0 Å². The first-order valence-electron chi connectivity index (χ1n) is 8.99. The Hall–Kier alpha value is -2.22. The Morgan fingerprint density at radius 2 is 1.96 bits per heavy atom. The van der Waals surface area contributed by atoms with Gasteiger partial charge in [-0.3, -0.25) is 4.79 Å². The second-order valence-corrected chi connectivity index (χ2v) is 8.57. The van der Waals surface area contributed by atoms with Crippen molar-refractivity contribution >= 4 is 21.6 Å². The van der Waals surface area contributed by atoms with Crippen molar-refractivity contribution in [3.05, 3.63) is 59.2 Å². The van der Waals surface area contributed by atoms with Crippen molar-refractivity contribution in [3.63, 3.8) is 0 Å². The zero-order chi connectivity index (χ0) is 19.4. The first kappa shape index (κ1) is 19.5. The number of aliphatic hydroxyl groups is 1. The number of rotatable bonds is 6. The van der Waals surface area contributed by atoms with Crippen molar-refractivity contribution in [1.82, 2.24) is 4.72 Å². The van der Waals surface area contributed by atoms with Crippen LogP contribution >= 0.6 is 0 Å². The maximum absolute atomic E-state index is 12.8. The number of aliphatic hydroxyl groups excluding tert-OH is 1. The van der Waals surface area contributed by atoms with Gasteiger partial charge in [0, 0.05) is 18.2 Å². The average Bonchev–Trinajstić information content (AvgIpc) is 2.82. The van der Waals surface area contributed by atoms with Gasteiger partial charge >= 0.3 is 0 Å². The van der Waals surface area contributed by atoms with Crippen LogP contribution in [-0.4, -0.2) is 32.1 Å². The van der Waals surface area contributed by atoms with E-state index in [4.69, 9.17) is 0 Å². The van der Waals surface area contributed by atoms with Gasteiger partial charge in [0.2, 0.25) is 15.9 Å². The molecule has 27 heavy (non-hydrogen) atoms. The van der Waals surface area contributed by atoms with Gasteiger partial charge in [-0.2, -0.15) is 0 Å². The second kappa shape index (κ2) is 8.21. The van der Waals surface area contributed by atoms with E-state index in [1.807, 2.05) is 31.2 Å². The molecule has 7 heteroatoms. The highest BCUT2D eigenvalue weighted by molar-refractivity contribution is 7.89. The lowest BCUT2D eigenvalue weighted by atomic mass is 10.0. The summed E-state index contributed by atoms with van der Waals surface area (Å²) < 4.78 is 28.2. The fourth-order valence-corrected chi connectivity index (χ4v) is 4.53. The lowest BCUT2D eigenvalue weighted by molar-refractivity contribution is -0.116. The van der Waals surface area contributed by atoms with Gasteiger partial charge in [-0.15, -0.1) is 0 Å². The molecular weight excluding hydrogens is 364 g/mol. The topological polar surface area (TPSA) is 95.5 Å². The number of aryl methyl sites for hydroxylation is 2. The largest absolute Gasteiger partial charge is 0.395 e. The van der Waals surface area contributed by atoms with E-state index in [1.165, 1.54) is 6.07 Å². The van der Waals surface area contributed by atoms with E-state index in [2.05, 4.69) is 10.0 Å². The van der Waals surface area contributed by atoms with E-state index in [-0.39, 0.29) is 17.4 Å². The third kappa shape index (κ3) is 4.74. The van der Waals surface area contributed by atoms with Gasteiger partial charge in [0.1, 0.15) is 0 Å². The molecule has 1 amide bonds. The molecule has 2 aromatic rings. The van der Waals surface area contributed by atoms with Crippen molar-refractivity contribution in [1.29, 1.82) is 0 Å². The molecule has 1 unspecified atom stereocenters. The van der Waals surface area contributed by atoms with Gasteiger partial charge in [0.15, 0.2) is 0 Å². The van der Waals surface area contributed by atoms with Crippen LogP contribution in [0.5, 0.6) is 0 Å². The van der Waals surface area contributed by atoms with E-state index in [1.54, 1.807) is 12.1 Å². The number of hydrogen-bond donors (Lipinski definition) is 3. The predicted octanol–water partition coefficient (Wildman–Crippen LogP) is 2.15. The van der Waals surface area contributed by atoms with Gasteiger partial charge in [0.05, 0.1) is 11.5 Å². The predicted molar refractivity (Wildman–Crippen MR) is 104 cm³/mol. The summed E-state index contributed by atoms with van der Waals surface area (Å²) in [4.78, 5) is 11.8. The Balaban J connectivity index is 1.80. The van der Waals surface area contributed by atoms with Crippen LogP contribution in [0.2, 0.25) is 0 Å². The molecule has 0 spiro atoms. The number of fused-ring (bicyclic) bond motifs is 1. The van der Waals surface area contributed by atoms with Crippen molar-refractivity contribution in [3.8, 4) is 0 Å². The van der Waals surface area contributed by atoms with E-state index in [9.17, 15) is 18.3 Å². The lowest BCUT2D eigenvalue weighted by Gasteiger charge is -2.18. The molecule has 6 nitrogen and oxygen atoms in total. The molecule has 0 saturated carbocycles. The molecule has 1 aliphatic rings. The van der Waals surface area contributed by atoms with Gasteiger partial charge in [-0.05, 0) is 61.1 Å². The molecule has 0 saturated heterocycles. The Kier molecular flexibility index (Phi) is 5.94. The Bertz CT molecular complexity index is 941. The van der Waals surface area contributed by atoms with Crippen LogP contribution in [0.15, 0.2) is 47.4 Å². The normalized spacial score (nSPS) is 15.6. The molecule has 3 N–H and O–H groups in total. The summed E-state index contributed by atoms with van der Waals surface area (Å²) in [6, 6.07) is 11.8. The minimum Gasteiger partial charge on any atom is -0.395 e. The Labute approximate surface area is 159 Å². The highest BCUT2D eigenvalue weighted by atomic mass is 32.2. The first-order valence-corrected chi connectivity index (χ1v) is 10.5. The fourth-order valence-electron chi connectivity index (χ4n) is 3.25. The van der Waals surface area contributed by atoms with Crippen LogP contribution in [0.3, 0.4) is 0 Å². The second-order valence-electron chi connectivity index (χ2n) is 6.85. The van der Waals surface area contributed by atoms with Crippen LogP contribution in [0.4, 0.5) is 5.69 Å². The Morgan fingerprint density at radius 1 is 1.19 bits per heavy atom. The minimum absolute atomic E-state index is 0.0546. The number of nitrogens with one attached hydrogen (secondary N) is 2. The number of anilines is 1. The third-order valence-corrected chi connectivity index (χ3v) is 6.30. The molecule has 1 aliphatic heterocycles. The molecule has 0 bridgehead atoms. The summed E-state index contributed by atoms with van der Waals surface area (Å²) in [7, 11) is -3.79. The molecule has 2 aromatic carbocycles. The third-order valence-electron chi connectivity index (χ3n) is 4.78. The van der Waals surface area contributed by atoms with Crippen LogP contribution in [0, 0.1) is 6.92 Å². The summed E-state index contributed by atoms with van der Waals surface area (Å²) in [6.07, 6.45) is 2.16. The fraction of sp³-hybridized carbons (Fsp3) is 0.350. The highest BCUT2D eigenvalue weighted by Crippen LogP contribution is 2.25. The number of benzene rings is 2. The monoisotopic (exact) mass is 388 g/mol. The van der Waals surface area contributed by atoms with Crippen molar-refractivity contribution in [2.75, 3.05) is 11.9 Å². The first-order chi connectivity index (χ1) is 12.9. The quantitative estimate of drug-likeness (QED) is 0.707. The summed E-state index contributed by atoms with van der Waals surface area (Å²) in [6.45, 7) is 1.66. The molecule has 3 rings (SSSR count). The molecule has 1 heterocycles. The van der Waals surface area contributed by atoms with Crippen LogP contribution in [0.1, 0.15) is 29.5 Å². The molecule has 144 valence electrons. The van der Waals surface area contributed by atoms with Crippen LogP contribution in [0.25, 0.3) is 0 Å². The van der Waals surface area contributed by atoms with E-state index in [0.717, 1.165) is 16.7 Å². The molecule has 0 aromatic heterocycles. The smallest absolute Gasteiger partial charge is 0.240 e. The minimum atomic E-state index is -3.79. The van der Waals surface area contributed by atoms with E-state index >= 15 is 0 Å². The number of amides is 1. The van der Waals surface area contributed by atoms with Crippen LogP contribution in [-0.2, 0) is 27.7 Å². The van der Waals surface area contributed by atoms with Gasteiger partial charge < -0.3 is 10.4 Å². The standard InChI is InChI=1S/C20H24N2O4S/c1-14-5-2-3-6-15(14)11-17(13-23)22-27(25,26)18-9-10-19-16(12-18)7-4-8-20(24)21-19/h2-3,5-6,9-10,12,17,22-23H,4,7-8,11,13H2,1H3,(H,21,24). The number of carbonyl (C=O) groups excluding carboxylic acids is 1.